The van der Waals surface area contributed by atoms with Crippen LogP contribution in [0, 0.1) is 57.0 Å². The SMILES string of the molecule is O=C1C2CC=C3C(CC4(Cl)C(=O)N(c5c(F)c(F)c(F)c(F)c5F)C(=O)C4(Cl)C3c3ccc(O)c4ccccc34)C2C(=O)N1c1cccc([N+](=O)[O-])c1. The quantitative estimate of drug-likeness (QED) is 0.0348. The number of phenols is 1. The molecule has 8 rings (SSSR count). The molecule has 4 aliphatic rings. The highest BCUT2D eigenvalue weighted by molar-refractivity contribution is 6.58. The molecular formula is C36H20Cl2F5N3O7. The minimum Gasteiger partial charge on any atom is -0.507 e. The van der Waals surface area contributed by atoms with Crippen molar-refractivity contribution in [1.29, 1.82) is 0 Å². The standard InChI is InChI=1S/C36H20Cl2F5N3O7/c37-35-13-21-19(8-9-20-23(21)32(49)44(31(20)48)14-4-3-5-15(12-14)46(52)53)24(18-10-11-22(47)17-7-2-1-6-16(17)18)36(35,38)34(51)45(33(35)50)30-28(42)26(40)25(39)27(41)29(30)43/h1-8,10-12,20-21,23-24,47H,9,13H2. The van der Waals surface area contributed by atoms with Crippen LogP contribution < -0.4 is 9.80 Å². The second kappa shape index (κ2) is 11.5. The first-order valence-electron chi connectivity index (χ1n) is 15.9. The number of amides is 4. The number of carbonyl (C=O) groups is 4. The van der Waals surface area contributed by atoms with Crippen LogP contribution in [0.5, 0.6) is 5.75 Å². The van der Waals surface area contributed by atoms with Gasteiger partial charge in [-0.3, -0.25) is 29.3 Å². The van der Waals surface area contributed by atoms with E-state index in [0.717, 1.165) is 17.0 Å². The first-order chi connectivity index (χ1) is 25.1. The zero-order valence-electron chi connectivity index (χ0n) is 26.5. The fraction of sp³-hybridized carbons (Fsp3) is 0.222. The first-order valence-corrected chi connectivity index (χ1v) is 16.6. The number of rotatable bonds is 4. The number of nitrogens with zero attached hydrogens (tertiary/aromatic N) is 3. The molecule has 1 N–H and O–H groups in total. The van der Waals surface area contributed by atoms with Crippen LogP contribution in [0.4, 0.5) is 39.0 Å². The monoisotopic (exact) mass is 771 g/mol. The Morgan fingerprint density at radius 3 is 2.08 bits per heavy atom. The maximum Gasteiger partial charge on any atom is 0.271 e. The Bertz CT molecular complexity index is 2420. The van der Waals surface area contributed by atoms with Gasteiger partial charge in [0.2, 0.25) is 17.6 Å². The molecule has 4 aromatic rings. The molecule has 2 aliphatic heterocycles. The summed E-state index contributed by atoms with van der Waals surface area (Å²) in [5.41, 5.74) is -2.09. The average molecular weight is 772 g/mol. The lowest BCUT2D eigenvalue weighted by Gasteiger charge is -2.51. The van der Waals surface area contributed by atoms with Gasteiger partial charge in [-0.1, -0.05) is 48.0 Å². The average Bonchev–Trinajstić information content (AvgIpc) is 3.48. The third-order valence-electron chi connectivity index (χ3n) is 10.8. The number of phenolic OH excluding ortho intramolecular Hbond substituents is 1. The van der Waals surface area contributed by atoms with Crippen molar-refractivity contribution >= 4 is 74.7 Å². The molecule has 270 valence electrons. The summed E-state index contributed by atoms with van der Waals surface area (Å²) in [7, 11) is 0. The molecule has 2 heterocycles. The predicted octanol–water partition coefficient (Wildman–Crippen LogP) is 6.92. The van der Waals surface area contributed by atoms with E-state index < -0.39 is 109 Å². The van der Waals surface area contributed by atoms with Crippen molar-refractivity contribution in [2.45, 2.75) is 28.5 Å². The number of nitro benzene ring substituents is 1. The molecule has 6 unspecified atom stereocenters. The third kappa shape index (κ3) is 4.37. The van der Waals surface area contributed by atoms with Gasteiger partial charge >= 0.3 is 0 Å². The minimum atomic E-state index is -2.76. The maximum atomic E-state index is 15.3. The van der Waals surface area contributed by atoms with Crippen LogP contribution in [0.1, 0.15) is 24.3 Å². The summed E-state index contributed by atoms with van der Waals surface area (Å²) in [5, 5.41) is 22.7. The fourth-order valence-electron chi connectivity index (χ4n) is 8.47. The van der Waals surface area contributed by atoms with Gasteiger partial charge in [0.25, 0.3) is 17.5 Å². The number of carbonyl (C=O) groups excluding carboxylic acids is 4. The van der Waals surface area contributed by atoms with Crippen LogP contribution in [0.25, 0.3) is 10.8 Å². The molecule has 3 fully saturated rings. The number of allylic oxidation sites excluding steroid dienone is 2. The Morgan fingerprint density at radius 1 is 0.774 bits per heavy atom. The molecule has 53 heavy (non-hydrogen) atoms. The van der Waals surface area contributed by atoms with Crippen LogP contribution in [0.15, 0.2) is 72.3 Å². The van der Waals surface area contributed by atoms with E-state index in [4.69, 9.17) is 23.2 Å². The van der Waals surface area contributed by atoms with E-state index in [1.54, 1.807) is 12.1 Å². The molecule has 4 aromatic carbocycles. The third-order valence-corrected chi connectivity index (χ3v) is 12.2. The highest BCUT2D eigenvalue weighted by Crippen LogP contribution is 2.66. The van der Waals surface area contributed by atoms with Gasteiger partial charge in [0.1, 0.15) is 11.4 Å². The molecule has 0 bridgehead atoms. The number of anilines is 2. The zero-order chi connectivity index (χ0) is 38.0. The zero-order valence-corrected chi connectivity index (χ0v) is 28.0. The van der Waals surface area contributed by atoms with Crippen molar-refractivity contribution in [3.8, 4) is 5.75 Å². The van der Waals surface area contributed by atoms with Crippen LogP contribution in [-0.2, 0) is 19.2 Å². The maximum absolute atomic E-state index is 15.3. The van der Waals surface area contributed by atoms with Crippen LogP contribution in [0.3, 0.4) is 0 Å². The Hall–Kier alpha value is -5.41. The lowest BCUT2D eigenvalue weighted by atomic mass is 9.56. The number of hydrogen-bond acceptors (Lipinski definition) is 7. The summed E-state index contributed by atoms with van der Waals surface area (Å²) < 4.78 is 73.8. The molecule has 17 heteroatoms. The second-order valence-electron chi connectivity index (χ2n) is 13.2. The van der Waals surface area contributed by atoms with E-state index in [9.17, 15) is 47.6 Å². The van der Waals surface area contributed by atoms with Gasteiger partial charge < -0.3 is 5.11 Å². The number of imide groups is 2. The number of aromatic hydroxyl groups is 1. The molecule has 6 atom stereocenters. The van der Waals surface area contributed by atoms with Crippen molar-refractivity contribution in [2.24, 2.45) is 17.8 Å². The summed E-state index contributed by atoms with van der Waals surface area (Å²) in [6.45, 7) is 0. The Balaban J connectivity index is 1.35. The Morgan fingerprint density at radius 2 is 1.42 bits per heavy atom. The van der Waals surface area contributed by atoms with E-state index in [-0.39, 0.29) is 44.7 Å². The highest BCUT2D eigenvalue weighted by atomic mass is 35.5. The van der Waals surface area contributed by atoms with E-state index in [2.05, 4.69) is 0 Å². The molecule has 0 radical (unpaired) electrons. The topological polar surface area (TPSA) is 138 Å². The number of non-ortho nitro benzene ring substituents is 1. The molecular weight excluding hydrogens is 752 g/mol. The summed E-state index contributed by atoms with van der Waals surface area (Å²) in [5.74, 6) is -22.7. The van der Waals surface area contributed by atoms with Gasteiger partial charge in [-0.25, -0.2) is 31.8 Å². The van der Waals surface area contributed by atoms with Gasteiger partial charge in [-0.2, -0.15) is 0 Å². The Kier molecular flexibility index (Phi) is 7.55. The second-order valence-corrected chi connectivity index (χ2v) is 14.4. The summed E-state index contributed by atoms with van der Waals surface area (Å²) in [6, 6.07) is 13.6. The van der Waals surface area contributed by atoms with Gasteiger partial charge in [0.15, 0.2) is 33.0 Å². The van der Waals surface area contributed by atoms with Gasteiger partial charge in [0.05, 0.1) is 22.4 Å². The summed E-state index contributed by atoms with van der Waals surface area (Å²) in [6.07, 6.45) is 0.667. The van der Waals surface area contributed by atoms with Crippen molar-refractivity contribution in [3.05, 3.63) is 117 Å². The van der Waals surface area contributed by atoms with Crippen molar-refractivity contribution in [1.82, 2.24) is 0 Å². The number of nitro groups is 1. The molecule has 1 saturated carbocycles. The van der Waals surface area contributed by atoms with Crippen LogP contribution >= 0.6 is 23.2 Å². The summed E-state index contributed by atoms with van der Waals surface area (Å²) in [4.78, 5) is 63.0. The molecule has 4 amide bonds. The number of fused-ring (bicyclic) bond motifs is 5. The van der Waals surface area contributed by atoms with E-state index in [0.29, 0.717) is 0 Å². The van der Waals surface area contributed by atoms with Crippen LogP contribution in [-0.4, -0.2) is 43.4 Å². The molecule has 2 saturated heterocycles. The Labute approximate surface area is 304 Å². The lowest BCUT2D eigenvalue weighted by molar-refractivity contribution is -0.384. The number of benzene rings is 4. The van der Waals surface area contributed by atoms with Crippen molar-refractivity contribution < 1.29 is 51.2 Å². The van der Waals surface area contributed by atoms with Gasteiger partial charge in [0, 0.05) is 23.4 Å². The first kappa shape index (κ1) is 34.7. The summed E-state index contributed by atoms with van der Waals surface area (Å²) >= 11 is 14.4. The normalized spacial score (nSPS) is 27.9. The number of alkyl halides is 2. The smallest absolute Gasteiger partial charge is 0.271 e. The highest BCUT2D eigenvalue weighted by Gasteiger charge is 2.77. The number of hydrogen-bond donors (Lipinski definition) is 1. The van der Waals surface area contributed by atoms with Gasteiger partial charge in [-0.05, 0) is 41.8 Å². The molecule has 10 nitrogen and oxygen atoms in total. The predicted molar refractivity (Wildman–Crippen MR) is 178 cm³/mol. The molecule has 0 aromatic heterocycles. The van der Waals surface area contributed by atoms with Crippen molar-refractivity contribution in [3.63, 3.8) is 0 Å². The fourth-order valence-corrected chi connectivity index (χ4v) is 9.40. The van der Waals surface area contributed by atoms with E-state index in [1.165, 1.54) is 42.5 Å². The minimum absolute atomic E-state index is 0.112. The van der Waals surface area contributed by atoms with Crippen molar-refractivity contribution in [2.75, 3.05) is 9.80 Å². The lowest BCUT2D eigenvalue weighted by Crippen LogP contribution is -2.60. The van der Waals surface area contributed by atoms with Gasteiger partial charge in [-0.15, -0.1) is 23.2 Å². The van der Waals surface area contributed by atoms with Crippen LogP contribution in [0.2, 0.25) is 0 Å². The largest absolute Gasteiger partial charge is 0.507 e. The van der Waals surface area contributed by atoms with E-state index >= 15 is 8.78 Å². The van der Waals surface area contributed by atoms with E-state index in [1.807, 2.05) is 0 Å². The molecule has 0 spiro atoms. The molecule has 2 aliphatic carbocycles. The number of halogens is 7.